The number of carbonyl (C=O) groups is 1. The first-order valence-corrected chi connectivity index (χ1v) is 13.2. The van der Waals surface area contributed by atoms with E-state index in [1.54, 1.807) is 0 Å². The van der Waals surface area contributed by atoms with Gasteiger partial charge >= 0.3 is 0 Å². The number of aromatic nitrogens is 2. The molecule has 0 saturated carbocycles. The van der Waals surface area contributed by atoms with Gasteiger partial charge in [-0.25, -0.2) is 9.97 Å². The summed E-state index contributed by atoms with van der Waals surface area (Å²) in [6, 6.07) is 3.87. The van der Waals surface area contributed by atoms with Crippen molar-refractivity contribution in [3.8, 4) is 0 Å². The van der Waals surface area contributed by atoms with Crippen LogP contribution in [0.2, 0.25) is 0 Å². The van der Waals surface area contributed by atoms with E-state index in [1.807, 2.05) is 33.7 Å². The molecule has 1 saturated heterocycles. The third-order valence-electron chi connectivity index (χ3n) is 6.53. The van der Waals surface area contributed by atoms with Gasteiger partial charge in [0, 0.05) is 37.5 Å². The van der Waals surface area contributed by atoms with Crippen molar-refractivity contribution < 1.29 is 4.79 Å². The van der Waals surface area contributed by atoms with Crippen LogP contribution in [0.3, 0.4) is 0 Å². The Hall–Kier alpha value is -1.99. The van der Waals surface area contributed by atoms with Gasteiger partial charge in [-0.3, -0.25) is 4.79 Å². The maximum atomic E-state index is 12.8. The second-order valence-electron chi connectivity index (χ2n) is 8.86. The highest BCUT2D eigenvalue weighted by atomic mass is 32.1. The van der Waals surface area contributed by atoms with Gasteiger partial charge in [-0.15, -0.1) is 22.7 Å². The molecule has 3 aromatic rings. The van der Waals surface area contributed by atoms with Crippen molar-refractivity contribution in [2.75, 3.05) is 31.1 Å². The highest BCUT2D eigenvalue weighted by molar-refractivity contribution is 7.19. The highest BCUT2D eigenvalue weighted by Crippen LogP contribution is 2.41. The second kappa shape index (κ2) is 8.87. The fourth-order valence-corrected chi connectivity index (χ4v) is 6.81. The summed E-state index contributed by atoms with van der Waals surface area (Å²) in [4.78, 5) is 30.8. The van der Waals surface area contributed by atoms with Crippen LogP contribution in [0.1, 0.15) is 59.0 Å². The average molecular weight is 455 g/mol. The van der Waals surface area contributed by atoms with Crippen LogP contribution in [0, 0.1) is 5.92 Å². The number of anilines is 1. The molecule has 4 heterocycles. The Bertz CT molecular complexity index is 1070. The van der Waals surface area contributed by atoms with Crippen LogP contribution < -0.4 is 4.90 Å². The van der Waals surface area contributed by atoms with Crippen molar-refractivity contribution in [2.24, 2.45) is 5.92 Å². The first kappa shape index (κ1) is 20.9. The smallest absolute Gasteiger partial charge is 0.264 e. The molecule has 1 amide bonds. The molecule has 2 aliphatic rings. The fraction of sp³-hybridized carbons (Fsp3) is 0.542. The van der Waals surface area contributed by atoms with Crippen LogP contribution in [0.4, 0.5) is 5.82 Å². The highest BCUT2D eigenvalue weighted by Gasteiger charge is 2.29. The second-order valence-corrected chi connectivity index (χ2v) is 10.9. The SMILES string of the molecule is CCCCc1nc(N2CCN(C(=O)c3cccs3)CC2)c2c3c(sc2n1)C[C@H](C)CC3. The molecule has 0 aromatic carbocycles. The first-order chi connectivity index (χ1) is 15.1. The lowest BCUT2D eigenvalue weighted by Crippen LogP contribution is -2.49. The standard InChI is InChI=1S/C24H30N4OS2/c1-3-4-7-20-25-22(21-17-9-8-16(2)15-19(17)31-23(21)26-20)27-10-12-28(13-11-27)24(29)18-6-5-14-30-18/h5-6,14,16H,3-4,7-13,15H2,1-2H3/t16-/m1/s1. The third kappa shape index (κ3) is 4.10. The van der Waals surface area contributed by atoms with E-state index in [2.05, 4.69) is 18.7 Å². The van der Waals surface area contributed by atoms with Crippen LogP contribution in [0.15, 0.2) is 17.5 Å². The summed E-state index contributed by atoms with van der Waals surface area (Å²) in [6.07, 6.45) is 6.77. The van der Waals surface area contributed by atoms with Crippen LogP contribution in [-0.2, 0) is 19.3 Å². The van der Waals surface area contributed by atoms with E-state index >= 15 is 0 Å². The molecule has 164 valence electrons. The Morgan fingerprint density at radius 1 is 1.23 bits per heavy atom. The van der Waals surface area contributed by atoms with Crippen LogP contribution >= 0.6 is 22.7 Å². The van der Waals surface area contributed by atoms with E-state index in [-0.39, 0.29) is 5.91 Å². The molecule has 0 spiro atoms. The number of unbranched alkanes of at least 4 members (excludes halogenated alkanes) is 1. The third-order valence-corrected chi connectivity index (χ3v) is 8.54. The Morgan fingerprint density at radius 3 is 2.81 bits per heavy atom. The lowest BCUT2D eigenvalue weighted by Gasteiger charge is -2.36. The summed E-state index contributed by atoms with van der Waals surface area (Å²) in [5, 5.41) is 3.27. The molecule has 0 unspecified atom stereocenters. The Morgan fingerprint density at radius 2 is 2.06 bits per heavy atom. The zero-order valence-corrected chi connectivity index (χ0v) is 20.0. The number of carbonyl (C=O) groups excluding carboxylic acids is 1. The summed E-state index contributed by atoms with van der Waals surface area (Å²) in [5.74, 6) is 3.01. The number of hydrogen-bond acceptors (Lipinski definition) is 6. The monoisotopic (exact) mass is 454 g/mol. The lowest BCUT2D eigenvalue weighted by atomic mass is 9.89. The molecule has 31 heavy (non-hydrogen) atoms. The Balaban J connectivity index is 1.45. The number of nitrogens with zero attached hydrogens (tertiary/aromatic N) is 4. The quantitative estimate of drug-likeness (QED) is 0.533. The molecule has 0 bridgehead atoms. The largest absolute Gasteiger partial charge is 0.352 e. The van der Waals surface area contributed by atoms with E-state index in [1.165, 1.54) is 44.8 Å². The molecule has 5 rings (SSSR count). The van der Waals surface area contributed by atoms with Crippen molar-refractivity contribution in [3.05, 3.63) is 38.7 Å². The summed E-state index contributed by atoms with van der Waals surface area (Å²) < 4.78 is 0. The number of piperazine rings is 1. The van der Waals surface area contributed by atoms with Crippen LogP contribution in [0.5, 0.6) is 0 Å². The maximum absolute atomic E-state index is 12.8. The molecular formula is C24H30N4OS2. The van der Waals surface area contributed by atoms with E-state index < -0.39 is 0 Å². The van der Waals surface area contributed by atoms with Gasteiger partial charge < -0.3 is 9.80 Å². The van der Waals surface area contributed by atoms with Gasteiger partial charge in [-0.05, 0) is 48.6 Å². The minimum atomic E-state index is 0.160. The number of hydrogen-bond donors (Lipinski definition) is 0. The van der Waals surface area contributed by atoms with Crippen molar-refractivity contribution in [1.29, 1.82) is 0 Å². The minimum absolute atomic E-state index is 0.160. The minimum Gasteiger partial charge on any atom is -0.352 e. The molecule has 1 fully saturated rings. The van der Waals surface area contributed by atoms with E-state index in [0.29, 0.717) is 0 Å². The summed E-state index contributed by atoms with van der Waals surface area (Å²) in [7, 11) is 0. The normalized spacial score (nSPS) is 19.1. The lowest BCUT2D eigenvalue weighted by molar-refractivity contribution is 0.0751. The van der Waals surface area contributed by atoms with Gasteiger partial charge in [0.15, 0.2) is 0 Å². The molecule has 7 heteroatoms. The molecule has 1 aliphatic carbocycles. The van der Waals surface area contributed by atoms with Gasteiger partial charge in [-0.2, -0.15) is 0 Å². The molecule has 1 atom stereocenters. The number of fused-ring (bicyclic) bond motifs is 3. The Labute approximate surface area is 192 Å². The predicted octanol–water partition coefficient (Wildman–Crippen LogP) is 5.18. The van der Waals surface area contributed by atoms with Gasteiger partial charge in [0.1, 0.15) is 16.5 Å². The molecular weight excluding hydrogens is 424 g/mol. The summed E-state index contributed by atoms with van der Waals surface area (Å²) in [5.41, 5.74) is 1.49. The summed E-state index contributed by atoms with van der Waals surface area (Å²) >= 11 is 3.42. The predicted molar refractivity (Wildman–Crippen MR) is 130 cm³/mol. The first-order valence-electron chi connectivity index (χ1n) is 11.5. The van der Waals surface area contributed by atoms with Crippen LogP contribution in [0.25, 0.3) is 10.2 Å². The van der Waals surface area contributed by atoms with E-state index in [9.17, 15) is 4.79 Å². The van der Waals surface area contributed by atoms with Gasteiger partial charge in [0.2, 0.25) is 0 Å². The van der Waals surface area contributed by atoms with Gasteiger partial charge in [-0.1, -0.05) is 26.3 Å². The topological polar surface area (TPSA) is 49.3 Å². The van der Waals surface area contributed by atoms with Crippen molar-refractivity contribution in [2.45, 2.75) is 52.4 Å². The Kier molecular flexibility index (Phi) is 5.97. The number of rotatable bonds is 5. The van der Waals surface area contributed by atoms with Gasteiger partial charge in [0.05, 0.1) is 10.3 Å². The number of aryl methyl sites for hydroxylation is 2. The zero-order valence-electron chi connectivity index (χ0n) is 18.4. The van der Waals surface area contributed by atoms with Crippen molar-refractivity contribution in [3.63, 3.8) is 0 Å². The molecule has 0 radical (unpaired) electrons. The molecule has 1 aliphatic heterocycles. The fourth-order valence-electron chi connectivity index (χ4n) is 4.72. The van der Waals surface area contributed by atoms with Gasteiger partial charge in [0.25, 0.3) is 5.91 Å². The average Bonchev–Trinajstić information content (AvgIpc) is 3.44. The number of amides is 1. The van der Waals surface area contributed by atoms with Crippen molar-refractivity contribution in [1.82, 2.24) is 14.9 Å². The van der Waals surface area contributed by atoms with E-state index in [4.69, 9.17) is 9.97 Å². The zero-order chi connectivity index (χ0) is 21.4. The van der Waals surface area contributed by atoms with Crippen molar-refractivity contribution >= 4 is 44.6 Å². The summed E-state index contributed by atoms with van der Waals surface area (Å²) in [6.45, 7) is 7.73. The van der Waals surface area contributed by atoms with Crippen LogP contribution in [-0.4, -0.2) is 47.0 Å². The number of thiophene rings is 2. The molecule has 0 N–H and O–H groups in total. The van der Waals surface area contributed by atoms with E-state index in [0.717, 1.165) is 74.3 Å². The maximum Gasteiger partial charge on any atom is 0.264 e. The molecule has 5 nitrogen and oxygen atoms in total. The molecule has 3 aromatic heterocycles.